The molecule has 0 aliphatic rings. The van der Waals surface area contributed by atoms with Crippen LogP contribution in [-0.4, -0.2) is 134 Å². The minimum atomic E-state index is -3.83. The zero-order valence-corrected chi connectivity index (χ0v) is 30.9. The van der Waals surface area contributed by atoms with Gasteiger partial charge in [-0.1, -0.05) is 35.4 Å². The van der Waals surface area contributed by atoms with Crippen molar-refractivity contribution < 1.29 is 72.7 Å². The lowest BCUT2D eigenvalue weighted by Gasteiger charge is -2.08. The summed E-state index contributed by atoms with van der Waals surface area (Å²) in [5.74, 6) is 2.21. The zero-order valence-electron chi connectivity index (χ0n) is 29.3. The maximum atomic E-state index is 12.1. The average Bonchev–Trinajstić information content (AvgIpc) is 3.11. The topological polar surface area (TPSA) is 195 Å². The number of carbonyl (C=O) groups is 2. The molecule has 0 bridgehead atoms. The fourth-order valence-electron chi connectivity index (χ4n) is 3.60. The van der Waals surface area contributed by atoms with Gasteiger partial charge in [0.15, 0.2) is 0 Å². The standard InChI is InChI=1S/C34H46O16S2/c1-29-3-7-31(8-4-29)51(37,38)49-27-23-45-19-15-41-13-17-43-21-25-47-33(35)11-12-34(36)48-26-22-44-18-14-42-16-20-46-24-28-50-52(39,40)32-9-5-30(2)6-10-32/h3-10H,13-28H2,1-2H3. The lowest BCUT2D eigenvalue weighted by Crippen LogP contribution is -2.15. The van der Waals surface area contributed by atoms with Gasteiger partial charge in [0, 0.05) is 11.8 Å². The maximum absolute atomic E-state index is 12.1. The van der Waals surface area contributed by atoms with E-state index in [1.165, 1.54) is 24.3 Å². The van der Waals surface area contributed by atoms with E-state index in [9.17, 15) is 26.4 Å². The van der Waals surface area contributed by atoms with Gasteiger partial charge in [-0.2, -0.15) is 16.8 Å². The van der Waals surface area contributed by atoms with E-state index < -0.39 is 32.2 Å². The van der Waals surface area contributed by atoms with Crippen molar-refractivity contribution in [3.63, 3.8) is 0 Å². The second kappa shape index (κ2) is 26.3. The molecule has 0 aliphatic carbocycles. The molecule has 0 atom stereocenters. The Morgan fingerprint density at radius 3 is 0.962 bits per heavy atom. The van der Waals surface area contributed by atoms with Gasteiger partial charge >= 0.3 is 11.9 Å². The van der Waals surface area contributed by atoms with E-state index in [0.29, 0.717) is 0 Å². The highest BCUT2D eigenvalue weighted by molar-refractivity contribution is 7.87. The fraction of sp³-hybridized carbons (Fsp3) is 0.529. The summed E-state index contributed by atoms with van der Waals surface area (Å²) in [6, 6.07) is 12.7. The predicted octanol–water partition coefficient (Wildman–Crippen LogP) is 1.60. The third-order valence-corrected chi connectivity index (χ3v) is 8.88. The first kappa shape index (κ1) is 44.7. The molecule has 290 valence electrons. The molecule has 0 radical (unpaired) electrons. The molecule has 0 spiro atoms. The summed E-state index contributed by atoms with van der Waals surface area (Å²) in [6.45, 7) is 5.64. The van der Waals surface area contributed by atoms with Gasteiger partial charge in [0.1, 0.15) is 13.2 Å². The zero-order chi connectivity index (χ0) is 37.9. The van der Waals surface area contributed by atoms with E-state index in [4.69, 9.17) is 46.3 Å². The summed E-state index contributed by atoms with van der Waals surface area (Å²) in [5.41, 5.74) is 1.89. The molecule has 0 heterocycles. The Balaban J connectivity index is 1.32. The number of hydrogen-bond donors (Lipinski definition) is 0. The van der Waals surface area contributed by atoms with Crippen molar-refractivity contribution in [1.82, 2.24) is 0 Å². The van der Waals surface area contributed by atoms with Crippen molar-refractivity contribution in [2.75, 3.05) is 106 Å². The molecule has 0 aromatic heterocycles. The van der Waals surface area contributed by atoms with Gasteiger partial charge in [0.25, 0.3) is 20.2 Å². The van der Waals surface area contributed by atoms with E-state index in [1.54, 1.807) is 24.3 Å². The number of rotatable bonds is 28. The van der Waals surface area contributed by atoms with Gasteiger partial charge in [-0.05, 0) is 38.1 Å². The molecule has 2 rings (SSSR count). The Morgan fingerprint density at radius 2 is 0.673 bits per heavy atom. The van der Waals surface area contributed by atoms with Crippen molar-refractivity contribution in [2.45, 2.75) is 23.6 Å². The van der Waals surface area contributed by atoms with E-state index in [2.05, 4.69) is 0 Å². The quantitative estimate of drug-likeness (QED) is 0.0397. The molecule has 0 saturated heterocycles. The van der Waals surface area contributed by atoms with Crippen LogP contribution in [0.1, 0.15) is 11.1 Å². The third kappa shape index (κ3) is 21.1. The second-order valence-electron chi connectivity index (χ2n) is 10.4. The minimum absolute atomic E-state index is 0.0769. The van der Waals surface area contributed by atoms with Gasteiger partial charge in [0.05, 0.1) is 102 Å². The minimum Gasteiger partial charge on any atom is -0.454 e. The first-order valence-corrected chi connectivity index (χ1v) is 19.1. The maximum Gasteiger partial charge on any atom is 0.385 e. The smallest absolute Gasteiger partial charge is 0.385 e. The molecule has 0 fully saturated rings. The molecule has 52 heavy (non-hydrogen) atoms. The number of ether oxygens (including phenoxy) is 8. The average molecular weight is 775 g/mol. The van der Waals surface area contributed by atoms with Gasteiger partial charge in [-0.3, -0.25) is 8.37 Å². The summed E-state index contributed by atoms with van der Waals surface area (Å²) in [7, 11) is -7.66. The van der Waals surface area contributed by atoms with E-state index in [1.807, 2.05) is 25.7 Å². The van der Waals surface area contributed by atoms with Gasteiger partial charge in [0.2, 0.25) is 0 Å². The summed E-state index contributed by atoms with van der Waals surface area (Å²) in [4.78, 5) is 23.4. The summed E-state index contributed by atoms with van der Waals surface area (Å²) < 4.78 is 99.6. The first-order chi connectivity index (χ1) is 25.0. The SMILES string of the molecule is Cc1ccc(S(=O)(=O)OCCOCCOCCOCCOC(=O)C#CC(=O)OCCOCCOCCOCCOS(=O)(=O)c2ccc(C)cc2)cc1. The highest BCUT2D eigenvalue weighted by Gasteiger charge is 2.15. The Hall–Kier alpha value is -3.48. The van der Waals surface area contributed by atoms with Crippen molar-refractivity contribution in [3.8, 4) is 11.8 Å². The highest BCUT2D eigenvalue weighted by Crippen LogP contribution is 2.14. The summed E-state index contributed by atoms with van der Waals surface area (Å²) >= 11 is 0. The number of esters is 2. The van der Waals surface area contributed by atoms with Crippen LogP contribution in [0.3, 0.4) is 0 Å². The lowest BCUT2D eigenvalue weighted by molar-refractivity contribution is -0.140. The van der Waals surface area contributed by atoms with Crippen LogP contribution in [0.2, 0.25) is 0 Å². The molecule has 0 amide bonds. The Kier molecular flexibility index (Phi) is 22.6. The van der Waals surface area contributed by atoms with Gasteiger partial charge in [-0.25, -0.2) is 9.59 Å². The normalized spacial score (nSPS) is 11.5. The predicted molar refractivity (Wildman–Crippen MR) is 183 cm³/mol. The first-order valence-electron chi connectivity index (χ1n) is 16.2. The molecule has 0 aliphatic heterocycles. The molecule has 2 aromatic rings. The van der Waals surface area contributed by atoms with Gasteiger partial charge in [-0.15, -0.1) is 0 Å². The number of hydrogen-bond acceptors (Lipinski definition) is 16. The largest absolute Gasteiger partial charge is 0.454 e. The fourth-order valence-corrected chi connectivity index (χ4v) is 5.38. The Morgan fingerprint density at radius 1 is 0.423 bits per heavy atom. The highest BCUT2D eigenvalue weighted by atomic mass is 32.2. The molecular formula is C34H46O16S2. The summed E-state index contributed by atoms with van der Waals surface area (Å²) in [6.07, 6.45) is 0. The van der Waals surface area contributed by atoms with Crippen LogP contribution >= 0.6 is 0 Å². The Labute approximate surface area is 305 Å². The van der Waals surface area contributed by atoms with Crippen molar-refractivity contribution in [3.05, 3.63) is 59.7 Å². The summed E-state index contributed by atoms with van der Waals surface area (Å²) in [5, 5.41) is 0. The molecule has 16 nitrogen and oxygen atoms in total. The molecule has 18 heteroatoms. The van der Waals surface area contributed by atoms with Gasteiger partial charge < -0.3 is 37.9 Å². The van der Waals surface area contributed by atoms with Crippen LogP contribution in [0.5, 0.6) is 0 Å². The number of carbonyl (C=O) groups excluding carboxylic acids is 2. The van der Waals surface area contributed by atoms with Crippen LogP contribution < -0.4 is 0 Å². The molecule has 0 saturated carbocycles. The van der Waals surface area contributed by atoms with Crippen LogP contribution in [0.4, 0.5) is 0 Å². The van der Waals surface area contributed by atoms with Crippen molar-refractivity contribution in [1.29, 1.82) is 0 Å². The van der Waals surface area contributed by atoms with E-state index in [0.717, 1.165) is 11.1 Å². The van der Waals surface area contributed by atoms with E-state index >= 15 is 0 Å². The molecule has 0 N–H and O–H groups in total. The third-order valence-electron chi connectivity index (χ3n) is 6.23. The van der Waals surface area contributed by atoms with Crippen LogP contribution in [0.25, 0.3) is 0 Å². The second-order valence-corrected chi connectivity index (χ2v) is 13.6. The van der Waals surface area contributed by atoms with E-state index in [-0.39, 0.29) is 116 Å². The molecule has 0 unspecified atom stereocenters. The monoisotopic (exact) mass is 774 g/mol. The van der Waals surface area contributed by atoms with Crippen LogP contribution in [0, 0.1) is 25.7 Å². The van der Waals surface area contributed by atoms with Crippen molar-refractivity contribution in [2.24, 2.45) is 0 Å². The number of aryl methyl sites for hydroxylation is 2. The molecule has 2 aromatic carbocycles. The molecular weight excluding hydrogens is 728 g/mol. The van der Waals surface area contributed by atoms with Crippen molar-refractivity contribution >= 4 is 32.2 Å². The van der Waals surface area contributed by atoms with Crippen LogP contribution in [0.15, 0.2) is 58.3 Å². The Bertz CT molecular complexity index is 1460. The van der Waals surface area contributed by atoms with Crippen LogP contribution in [-0.2, 0) is 76.1 Å². The number of benzene rings is 2. The lowest BCUT2D eigenvalue weighted by atomic mass is 10.2.